The molecule has 0 aromatic carbocycles. The fourth-order valence-electron chi connectivity index (χ4n) is 0.775. The van der Waals surface area contributed by atoms with Crippen LogP contribution < -0.4 is 5.56 Å². The lowest BCUT2D eigenvalue weighted by Crippen LogP contribution is -2.00. The van der Waals surface area contributed by atoms with Crippen molar-refractivity contribution in [1.29, 1.82) is 0 Å². The van der Waals surface area contributed by atoms with Crippen LogP contribution in [0.1, 0.15) is 0 Å². The molecular weight excluding hydrogens is 148 g/mol. The van der Waals surface area contributed by atoms with E-state index in [1.807, 2.05) is 0 Å². The highest BCUT2D eigenvalue weighted by Gasteiger charge is 1.93. The number of aromatic amines is 1. The summed E-state index contributed by atoms with van der Waals surface area (Å²) in [5, 5.41) is 0. The highest BCUT2D eigenvalue weighted by Crippen LogP contribution is 2.10. The van der Waals surface area contributed by atoms with Crippen molar-refractivity contribution in [2.75, 3.05) is 0 Å². The van der Waals surface area contributed by atoms with Crippen LogP contribution in [0.4, 0.5) is 0 Å². The molecule has 0 aliphatic carbocycles. The smallest absolute Gasteiger partial charge is 0.249 e. The summed E-state index contributed by atoms with van der Waals surface area (Å²) < 4.78 is 0. The SMILES string of the molecule is O=c1ccc2ncsc2[nH]1. The summed E-state index contributed by atoms with van der Waals surface area (Å²) in [5.74, 6) is 0. The molecule has 0 atom stereocenters. The summed E-state index contributed by atoms with van der Waals surface area (Å²) in [7, 11) is 0. The maximum atomic E-state index is 10.7. The summed E-state index contributed by atoms with van der Waals surface area (Å²) in [6, 6.07) is 3.19. The number of pyridine rings is 1. The number of thiazole rings is 1. The van der Waals surface area contributed by atoms with E-state index in [1.54, 1.807) is 11.6 Å². The first-order chi connectivity index (χ1) is 4.86. The topological polar surface area (TPSA) is 45.8 Å². The van der Waals surface area contributed by atoms with Crippen molar-refractivity contribution in [1.82, 2.24) is 9.97 Å². The maximum absolute atomic E-state index is 10.7. The van der Waals surface area contributed by atoms with E-state index in [9.17, 15) is 4.79 Å². The lowest BCUT2D eigenvalue weighted by molar-refractivity contribution is 1.31. The number of hydrogen-bond acceptors (Lipinski definition) is 3. The molecule has 0 aliphatic heterocycles. The van der Waals surface area contributed by atoms with Crippen LogP contribution in [0.2, 0.25) is 0 Å². The first kappa shape index (κ1) is 5.61. The summed E-state index contributed by atoms with van der Waals surface area (Å²) >= 11 is 1.43. The number of fused-ring (bicyclic) bond motifs is 1. The van der Waals surface area contributed by atoms with E-state index in [0.29, 0.717) is 0 Å². The molecule has 0 radical (unpaired) electrons. The number of aromatic nitrogens is 2. The van der Waals surface area contributed by atoms with Gasteiger partial charge in [0.25, 0.3) is 0 Å². The molecule has 0 aliphatic rings. The van der Waals surface area contributed by atoms with Crippen molar-refractivity contribution in [3.63, 3.8) is 0 Å². The number of nitrogens with zero attached hydrogens (tertiary/aromatic N) is 1. The second-order valence-electron chi connectivity index (χ2n) is 1.89. The molecule has 50 valence electrons. The van der Waals surface area contributed by atoms with Crippen LogP contribution in [0.15, 0.2) is 22.4 Å². The van der Waals surface area contributed by atoms with Crippen molar-refractivity contribution >= 4 is 21.7 Å². The minimum absolute atomic E-state index is 0.0725. The van der Waals surface area contributed by atoms with Gasteiger partial charge >= 0.3 is 0 Å². The van der Waals surface area contributed by atoms with E-state index in [2.05, 4.69) is 9.97 Å². The number of hydrogen-bond donors (Lipinski definition) is 1. The third kappa shape index (κ3) is 0.733. The van der Waals surface area contributed by atoms with E-state index < -0.39 is 0 Å². The van der Waals surface area contributed by atoms with Gasteiger partial charge in [-0.25, -0.2) is 4.98 Å². The van der Waals surface area contributed by atoms with Crippen LogP contribution in [0, 0.1) is 0 Å². The number of nitrogens with one attached hydrogen (secondary N) is 1. The highest BCUT2D eigenvalue weighted by atomic mass is 32.1. The zero-order valence-electron chi connectivity index (χ0n) is 5.00. The van der Waals surface area contributed by atoms with E-state index in [4.69, 9.17) is 0 Å². The van der Waals surface area contributed by atoms with E-state index in [-0.39, 0.29) is 5.56 Å². The molecule has 0 fully saturated rings. The average molecular weight is 152 g/mol. The zero-order valence-corrected chi connectivity index (χ0v) is 5.81. The van der Waals surface area contributed by atoms with Crippen LogP contribution in [-0.4, -0.2) is 9.97 Å². The van der Waals surface area contributed by atoms with Gasteiger partial charge in [-0.3, -0.25) is 4.79 Å². The van der Waals surface area contributed by atoms with Gasteiger partial charge in [-0.2, -0.15) is 0 Å². The van der Waals surface area contributed by atoms with Crippen LogP contribution in [0.25, 0.3) is 10.3 Å². The van der Waals surface area contributed by atoms with Crippen molar-refractivity contribution in [3.8, 4) is 0 Å². The quantitative estimate of drug-likeness (QED) is 0.611. The van der Waals surface area contributed by atoms with E-state index >= 15 is 0 Å². The van der Waals surface area contributed by atoms with Crippen LogP contribution >= 0.6 is 11.3 Å². The Labute approximate surface area is 60.4 Å². The molecule has 0 bridgehead atoms. The lowest BCUT2D eigenvalue weighted by Gasteiger charge is -1.82. The fourth-order valence-corrected chi connectivity index (χ4v) is 1.45. The van der Waals surface area contributed by atoms with Crippen molar-refractivity contribution < 1.29 is 0 Å². The van der Waals surface area contributed by atoms with Crippen LogP contribution in [0.3, 0.4) is 0 Å². The summed E-state index contributed by atoms with van der Waals surface area (Å²) in [6.45, 7) is 0. The molecule has 2 aromatic rings. The Morgan fingerprint density at radius 2 is 2.40 bits per heavy atom. The van der Waals surface area contributed by atoms with Gasteiger partial charge in [0.15, 0.2) is 0 Å². The Bertz CT molecular complexity index is 403. The lowest BCUT2D eigenvalue weighted by atomic mass is 10.5. The van der Waals surface area contributed by atoms with Crippen LogP contribution in [-0.2, 0) is 0 Å². The third-order valence-corrected chi connectivity index (χ3v) is 1.98. The molecule has 1 N–H and O–H groups in total. The predicted octanol–water partition coefficient (Wildman–Crippen LogP) is 0.985. The van der Waals surface area contributed by atoms with Gasteiger partial charge in [0, 0.05) is 6.07 Å². The largest absolute Gasteiger partial charge is 0.312 e. The first-order valence-corrected chi connectivity index (χ1v) is 3.67. The minimum Gasteiger partial charge on any atom is -0.312 e. The number of rotatable bonds is 0. The summed E-state index contributed by atoms with van der Waals surface area (Å²) in [6.07, 6.45) is 0. The Morgan fingerprint density at radius 1 is 1.50 bits per heavy atom. The molecule has 2 rings (SSSR count). The average Bonchev–Trinajstić information content (AvgIpc) is 2.33. The molecule has 2 heterocycles. The van der Waals surface area contributed by atoms with Crippen LogP contribution in [0.5, 0.6) is 0 Å². The molecular formula is C6H4N2OS. The minimum atomic E-state index is -0.0725. The summed E-state index contributed by atoms with van der Waals surface area (Å²) in [5.41, 5.74) is 2.49. The number of H-pyrrole nitrogens is 1. The molecule has 0 amide bonds. The molecule has 3 nitrogen and oxygen atoms in total. The third-order valence-electron chi connectivity index (χ3n) is 1.22. The molecule has 0 saturated heterocycles. The summed E-state index contributed by atoms with van der Waals surface area (Å²) in [4.78, 5) is 18.2. The van der Waals surface area contributed by atoms with Gasteiger partial charge in [-0.05, 0) is 6.07 Å². The van der Waals surface area contributed by atoms with Gasteiger partial charge < -0.3 is 4.98 Å². The van der Waals surface area contributed by atoms with Gasteiger partial charge in [0.2, 0.25) is 5.56 Å². The van der Waals surface area contributed by atoms with Gasteiger partial charge in [-0.1, -0.05) is 0 Å². The molecule has 0 saturated carbocycles. The highest BCUT2D eigenvalue weighted by molar-refractivity contribution is 7.16. The van der Waals surface area contributed by atoms with Gasteiger partial charge in [-0.15, -0.1) is 11.3 Å². The maximum Gasteiger partial charge on any atom is 0.249 e. The molecule has 0 unspecified atom stereocenters. The molecule has 2 aromatic heterocycles. The molecule has 10 heavy (non-hydrogen) atoms. The van der Waals surface area contributed by atoms with Gasteiger partial charge in [0.1, 0.15) is 4.83 Å². The standard InChI is InChI=1S/C6H4N2OS/c9-5-2-1-4-6(8-5)10-3-7-4/h1-3H,(H,8,9). The second kappa shape index (κ2) is 1.91. The monoisotopic (exact) mass is 152 g/mol. The molecule has 4 heteroatoms. The van der Waals surface area contributed by atoms with Crippen molar-refractivity contribution in [3.05, 3.63) is 28.0 Å². The zero-order chi connectivity index (χ0) is 6.97. The predicted molar refractivity (Wildman–Crippen MR) is 40.2 cm³/mol. The molecule has 0 spiro atoms. The van der Waals surface area contributed by atoms with E-state index in [0.717, 1.165) is 10.3 Å². The van der Waals surface area contributed by atoms with Gasteiger partial charge in [0.05, 0.1) is 11.0 Å². The Kier molecular flexibility index (Phi) is 1.07. The van der Waals surface area contributed by atoms with E-state index in [1.165, 1.54) is 17.4 Å². The Morgan fingerprint density at radius 3 is 3.30 bits per heavy atom. The van der Waals surface area contributed by atoms with Crippen molar-refractivity contribution in [2.45, 2.75) is 0 Å². The fraction of sp³-hybridized carbons (Fsp3) is 0. The first-order valence-electron chi connectivity index (χ1n) is 2.79. The normalized spacial score (nSPS) is 10.4. The Balaban J connectivity index is 2.99. The van der Waals surface area contributed by atoms with Crippen molar-refractivity contribution in [2.24, 2.45) is 0 Å². The Hall–Kier alpha value is -1.16. The second-order valence-corrected chi connectivity index (χ2v) is 2.74.